The molecule has 2 heterocycles. The fourth-order valence-corrected chi connectivity index (χ4v) is 3.97. The Morgan fingerprint density at radius 2 is 1.72 bits per heavy atom. The van der Waals surface area contributed by atoms with Gasteiger partial charge in [-0.25, -0.2) is 9.98 Å². The van der Waals surface area contributed by atoms with Crippen LogP contribution in [0.3, 0.4) is 0 Å². The van der Waals surface area contributed by atoms with Gasteiger partial charge in [-0.2, -0.15) is 0 Å². The normalized spacial score (nSPS) is 12.4. The number of nitrogens with zero attached hydrogens (tertiary/aromatic N) is 3. The van der Waals surface area contributed by atoms with Crippen LogP contribution in [0.5, 0.6) is 5.88 Å². The summed E-state index contributed by atoms with van der Waals surface area (Å²) in [5, 5.41) is 12.3. The van der Waals surface area contributed by atoms with Crippen molar-refractivity contribution in [2.45, 2.75) is 13.3 Å². The van der Waals surface area contributed by atoms with Gasteiger partial charge in [0.15, 0.2) is 9.78 Å². The van der Waals surface area contributed by atoms with Crippen molar-refractivity contribution in [1.82, 2.24) is 4.57 Å². The minimum atomic E-state index is 0.119. The Morgan fingerprint density at radius 3 is 2.32 bits per heavy atom. The van der Waals surface area contributed by atoms with Crippen LogP contribution in [0, 0.1) is 3.95 Å². The third kappa shape index (κ3) is 2.94. The van der Waals surface area contributed by atoms with E-state index in [1.165, 1.54) is 16.9 Å². The Balaban J connectivity index is 1.77. The van der Waals surface area contributed by atoms with Crippen molar-refractivity contribution >= 4 is 29.6 Å². The molecule has 0 aliphatic carbocycles. The van der Waals surface area contributed by atoms with Gasteiger partial charge in [0.1, 0.15) is 0 Å². The lowest BCUT2D eigenvalue weighted by Crippen LogP contribution is -2.19. The van der Waals surface area contributed by atoms with Gasteiger partial charge in [-0.15, -0.1) is 11.3 Å². The van der Waals surface area contributed by atoms with Crippen LogP contribution in [-0.4, -0.2) is 9.67 Å². The number of thiazole rings is 1. The van der Waals surface area contributed by atoms with Gasteiger partial charge in [0.25, 0.3) is 0 Å². The van der Waals surface area contributed by atoms with Gasteiger partial charge in [0.05, 0.1) is 21.3 Å². The molecule has 1 N–H and O–H groups in total. The zero-order valence-corrected chi connectivity index (χ0v) is 15.1. The van der Waals surface area contributed by atoms with Crippen LogP contribution in [0.4, 0.5) is 0 Å². The van der Waals surface area contributed by atoms with Gasteiger partial charge < -0.3 is 5.11 Å². The van der Waals surface area contributed by atoms with Crippen molar-refractivity contribution in [3.05, 3.63) is 79.5 Å². The average molecular weight is 365 g/mol. The molecule has 0 fully saturated rings. The second-order valence-corrected chi connectivity index (χ2v) is 7.30. The highest BCUT2D eigenvalue weighted by Gasteiger charge is 2.13. The van der Waals surface area contributed by atoms with Crippen LogP contribution in [0.15, 0.2) is 64.3 Å². The third-order valence-corrected chi connectivity index (χ3v) is 5.34. The number of para-hydroxylation sites is 2. The molecule has 0 spiro atoms. The summed E-state index contributed by atoms with van der Waals surface area (Å²) in [6.45, 7) is 2.11. The number of aromatic hydroxyl groups is 1. The number of aromatic nitrogens is 1. The van der Waals surface area contributed by atoms with Crippen molar-refractivity contribution < 1.29 is 5.11 Å². The first-order valence-electron chi connectivity index (χ1n) is 7.94. The molecule has 0 amide bonds. The quantitative estimate of drug-likeness (QED) is 0.718. The molecule has 1 aliphatic rings. The first-order valence-corrected chi connectivity index (χ1v) is 9.16. The smallest absolute Gasteiger partial charge is 0.215 e. The molecule has 0 saturated carbocycles. The molecular weight excluding hydrogens is 350 g/mol. The molecule has 0 unspecified atom stereocenters. The van der Waals surface area contributed by atoms with E-state index in [9.17, 15) is 5.11 Å². The molecule has 1 aromatic heterocycles. The summed E-state index contributed by atoms with van der Waals surface area (Å²) in [7, 11) is 0. The second-order valence-electron chi connectivity index (χ2n) is 5.63. The molecule has 2 aromatic carbocycles. The maximum atomic E-state index is 10.6. The first-order chi connectivity index (χ1) is 12.2. The van der Waals surface area contributed by atoms with Crippen LogP contribution in [-0.2, 0) is 6.42 Å². The predicted molar refractivity (Wildman–Crippen MR) is 102 cm³/mol. The van der Waals surface area contributed by atoms with Crippen LogP contribution in [0.1, 0.15) is 17.4 Å². The number of hydrogen-bond donors (Lipinski definition) is 1. The Bertz CT molecular complexity index is 1120. The van der Waals surface area contributed by atoms with Crippen LogP contribution in [0.2, 0.25) is 0 Å². The fourth-order valence-electron chi connectivity index (χ4n) is 2.69. The maximum Gasteiger partial charge on any atom is 0.215 e. The van der Waals surface area contributed by atoms with Gasteiger partial charge >= 0.3 is 0 Å². The largest absolute Gasteiger partial charge is 0.493 e. The number of hydrogen-bond acceptors (Lipinski definition) is 5. The van der Waals surface area contributed by atoms with Gasteiger partial charge in [0.2, 0.25) is 5.88 Å². The lowest BCUT2D eigenvalue weighted by Gasteiger charge is -2.05. The standard InChI is InChI=1S/C19H15N3OS2/c1-2-12-7-9-13(10-8-12)22-18(23)16(25-19(22)24)11-17-20-14-5-3-4-6-15(14)21-17/h3-11,23H,2H2,1H3. The van der Waals surface area contributed by atoms with Crippen LogP contribution < -0.4 is 10.7 Å². The average Bonchev–Trinajstić information content (AvgIpc) is 3.15. The lowest BCUT2D eigenvalue weighted by atomic mass is 10.1. The van der Waals surface area contributed by atoms with Gasteiger partial charge in [-0.1, -0.05) is 31.2 Å². The summed E-state index contributed by atoms with van der Waals surface area (Å²) in [6, 6.07) is 15.7. The Kier molecular flexibility index (Phi) is 4.07. The summed E-state index contributed by atoms with van der Waals surface area (Å²) < 4.78 is 2.26. The number of aryl methyl sites for hydroxylation is 1. The van der Waals surface area contributed by atoms with Gasteiger partial charge in [0, 0.05) is 6.08 Å². The molecule has 0 saturated heterocycles. The van der Waals surface area contributed by atoms with Crippen molar-refractivity contribution in [3.63, 3.8) is 0 Å². The van der Waals surface area contributed by atoms with Crippen molar-refractivity contribution in [1.29, 1.82) is 0 Å². The van der Waals surface area contributed by atoms with Crippen molar-refractivity contribution in [2.24, 2.45) is 9.98 Å². The van der Waals surface area contributed by atoms with E-state index in [1.54, 1.807) is 10.6 Å². The highest BCUT2D eigenvalue weighted by Crippen LogP contribution is 2.32. The molecule has 124 valence electrons. The number of benzene rings is 2. The van der Waals surface area contributed by atoms with E-state index in [2.05, 4.69) is 16.9 Å². The Labute approximate surface area is 153 Å². The van der Waals surface area contributed by atoms with E-state index in [1.807, 2.05) is 48.5 Å². The van der Waals surface area contributed by atoms with E-state index in [0.717, 1.165) is 22.8 Å². The van der Waals surface area contributed by atoms with Gasteiger partial charge in [-0.05, 0) is 48.5 Å². The highest BCUT2D eigenvalue weighted by molar-refractivity contribution is 7.73. The number of fused-ring (bicyclic) bond motifs is 1. The summed E-state index contributed by atoms with van der Waals surface area (Å²) in [5.41, 5.74) is 2.10. The number of rotatable bonds is 3. The van der Waals surface area contributed by atoms with E-state index in [4.69, 9.17) is 12.2 Å². The van der Waals surface area contributed by atoms with E-state index in [0.29, 0.717) is 14.7 Å². The molecule has 3 aromatic rings. The van der Waals surface area contributed by atoms with E-state index >= 15 is 0 Å². The zero-order chi connectivity index (χ0) is 17.4. The molecule has 0 radical (unpaired) electrons. The molecule has 6 heteroatoms. The molecule has 25 heavy (non-hydrogen) atoms. The first kappa shape index (κ1) is 15.9. The summed E-state index contributed by atoms with van der Waals surface area (Å²) >= 11 is 6.79. The summed E-state index contributed by atoms with van der Waals surface area (Å²) in [5.74, 6) is 0.689. The third-order valence-electron chi connectivity index (χ3n) is 4.03. The lowest BCUT2D eigenvalue weighted by molar-refractivity contribution is 0.441. The topological polar surface area (TPSA) is 49.9 Å². The molecule has 4 rings (SSSR count). The molecule has 0 atom stereocenters. The van der Waals surface area contributed by atoms with Crippen molar-refractivity contribution in [3.8, 4) is 11.6 Å². The Morgan fingerprint density at radius 1 is 1.08 bits per heavy atom. The SMILES string of the molecule is CCc1ccc(-n2c(O)c(C=C3N=c4ccccc4=N3)sc2=S)cc1. The van der Waals surface area contributed by atoms with Gasteiger partial charge in [-0.3, -0.25) is 4.57 Å². The monoisotopic (exact) mass is 365 g/mol. The van der Waals surface area contributed by atoms with Crippen LogP contribution >= 0.6 is 23.6 Å². The molecule has 0 bridgehead atoms. The minimum Gasteiger partial charge on any atom is -0.493 e. The minimum absolute atomic E-state index is 0.119. The summed E-state index contributed by atoms with van der Waals surface area (Å²) in [4.78, 5) is 9.59. The van der Waals surface area contributed by atoms with Crippen molar-refractivity contribution in [2.75, 3.05) is 0 Å². The second kappa shape index (κ2) is 6.38. The fraction of sp³-hybridized carbons (Fsp3) is 0.105. The maximum absolute atomic E-state index is 10.6. The highest BCUT2D eigenvalue weighted by atomic mass is 32.1. The Hall–Kier alpha value is -2.57. The van der Waals surface area contributed by atoms with E-state index in [-0.39, 0.29) is 5.88 Å². The molecule has 4 nitrogen and oxygen atoms in total. The van der Waals surface area contributed by atoms with Crippen LogP contribution in [0.25, 0.3) is 11.8 Å². The zero-order valence-electron chi connectivity index (χ0n) is 13.5. The van der Waals surface area contributed by atoms with E-state index < -0.39 is 0 Å². The molecule has 1 aliphatic heterocycles. The summed E-state index contributed by atoms with van der Waals surface area (Å²) in [6.07, 6.45) is 2.74. The predicted octanol–water partition coefficient (Wildman–Crippen LogP) is 3.79. The molecular formula is C19H15N3OS2.